The monoisotopic (exact) mass is 276 g/mol. The SMILES string of the molecule is CCCCC(=O)NCCN(C(C)=O)c1cccc(C)c1. The zero-order valence-electron chi connectivity index (χ0n) is 12.6. The topological polar surface area (TPSA) is 49.4 Å². The fraction of sp³-hybridized carbons (Fsp3) is 0.500. The molecule has 0 aromatic heterocycles. The lowest BCUT2D eigenvalue weighted by atomic mass is 10.2. The first kappa shape index (κ1) is 16.2. The van der Waals surface area contributed by atoms with E-state index < -0.39 is 0 Å². The van der Waals surface area contributed by atoms with Gasteiger partial charge in [0.15, 0.2) is 0 Å². The number of carbonyl (C=O) groups excluding carboxylic acids is 2. The number of hydrogen-bond acceptors (Lipinski definition) is 2. The fourth-order valence-electron chi connectivity index (χ4n) is 2.00. The highest BCUT2D eigenvalue weighted by molar-refractivity contribution is 5.91. The number of unbranched alkanes of at least 4 members (excludes halogenated alkanes) is 1. The minimum atomic E-state index is -0.0154. The van der Waals surface area contributed by atoms with Crippen molar-refractivity contribution in [3.8, 4) is 0 Å². The number of aryl methyl sites for hydroxylation is 1. The first-order chi connectivity index (χ1) is 9.54. The number of nitrogens with one attached hydrogen (secondary N) is 1. The molecule has 0 spiro atoms. The van der Waals surface area contributed by atoms with Crippen molar-refractivity contribution >= 4 is 17.5 Å². The summed E-state index contributed by atoms with van der Waals surface area (Å²) in [4.78, 5) is 24.9. The van der Waals surface area contributed by atoms with Crippen LogP contribution in [0.15, 0.2) is 24.3 Å². The summed E-state index contributed by atoms with van der Waals surface area (Å²) in [5, 5.41) is 2.85. The molecule has 1 rings (SSSR count). The molecule has 1 aromatic rings. The van der Waals surface area contributed by atoms with Crippen LogP contribution in [0.5, 0.6) is 0 Å². The van der Waals surface area contributed by atoms with E-state index in [1.807, 2.05) is 31.2 Å². The van der Waals surface area contributed by atoms with E-state index in [0.717, 1.165) is 24.1 Å². The van der Waals surface area contributed by atoms with E-state index in [0.29, 0.717) is 19.5 Å². The Hall–Kier alpha value is -1.84. The van der Waals surface area contributed by atoms with Crippen LogP contribution < -0.4 is 10.2 Å². The highest BCUT2D eigenvalue weighted by Gasteiger charge is 2.11. The van der Waals surface area contributed by atoms with E-state index in [1.165, 1.54) is 0 Å². The normalized spacial score (nSPS) is 10.2. The first-order valence-electron chi connectivity index (χ1n) is 7.16. The predicted octanol–water partition coefficient (Wildman–Crippen LogP) is 2.65. The largest absolute Gasteiger partial charge is 0.354 e. The van der Waals surface area contributed by atoms with Crippen LogP contribution in [0.3, 0.4) is 0 Å². The minimum absolute atomic E-state index is 0.0154. The Bertz CT molecular complexity index is 458. The zero-order valence-corrected chi connectivity index (χ0v) is 12.6. The van der Waals surface area contributed by atoms with E-state index in [1.54, 1.807) is 11.8 Å². The van der Waals surface area contributed by atoms with Crippen molar-refractivity contribution in [1.29, 1.82) is 0 Å². The molecule has 0 aliphatic rings. The van der Waals surface area contributed by atoms with Crippen molar-refractivity contribution in [1.82, 2.24) is 5.32 Å². The van der Waals surface area contributed by atoms with Crippen LogP contribution in [-0.2, 0) is 9.59 Å². The van der Waals surface area contributed by atoms with Crippen LogP contribution in [0, 0.1) is 6.92 Å². The van der Waals surface area contributed by atoms with E-state index in [2.05, 4.69) is 12.2 Å². The van der Waals surface area contributed by atoms with Crippen molar-refractivity contribution in [3.63, 3.8) is 0 Å². The fourth-order valence-corrected chi connectivity index (χ4v) is 2.00. The third-order valence-corrected chi connectivity index (χ3v) is 3.11. The average molecular weight is 276 g/mol. The molecule has 4 heteroatoms. The number of rotatable bonds is 7. The van der Waals surface area contributed by atoms with Gasteiger partial charge < -0.3 is 10.2 Å². The number of carbonyl (C=O) groups is 2. The Morgan fingerprint density at radius 3 is 2.65 bits per heavy atom. The molecular weight excluding hydrogens is 252 g/mol. The minimum Gasteiger partial charge on any atom is -0.354 e. The van der Waals surface area contributed by atoms with Gasteiger partial charge in [0.05, 0.1) is 0 Å². The van der Waals surface area contributed by atoms with Crippen molar-refractivity contribution in [2.75, 3.05) is 18.0 Å². The van der Waals surface area contributed by atoms with Crippen molar-refractivity contribution < 1.29 is 9.59 Å². The van der Waals surface area contributed by atoms with Crippen LogP contribution in [0.2, 0.25) is 0 Å². The first-order valence-corrected chi connectivity index (χ1v) is 7.16. The molecule has 0 aliphatic heterocycles. The Morgan fingerprint density at radius 2 is 2.05 bits per heavy atom. The van der Waals surface area contributed by atoms with Crippen molar-refractivity contribution in [2.24, 2.45) is 0 Å². The summed E-state index contributed by atoms with van der Waals surface area (Å²) >= 11 is 0. The van der Waals surface area contributed by atoms with Crippen LogP contribution in [-0.4, -0.2) is 24.9 Å². The molecule has 20 heavy (non-hydrogen) atoms. The molecule has 1 aromatic carbocycles. The van der Waals surface area contributed by atoms with Crippen LogP contribution in [0.25, 0.3) is 0 Å². The highest BCUT2D eigenvalue weighted by atomic mass is 16.2. The third kappa shape index (κ3) is 5.43. The van der Waals surface area contributed by atoms with Crippen molar-refractivity contribution in [3.05, 3.63) is 29.8 Å². The van der Waals surface area contributed by atoms with Gasteiger partial charge in [-0.05, 0) is 31.0 Å². The van der Waals surface area contributed by atoms with E-state index in [9.17, 15) is 9.59 Å². The smallest absolute Gasteiger partial charge is 0.223 e. The molecule has 110 valence electrons. The average Bonchev–Trinajstić information content (AvgIpc) is 2.40. The molecule has 0 saturated carbocycles. The molecule has 0 fully saturated rings. The number of amides is 2. The maximum absolute atomic E-state index is 11.7. The highest BCUT2D eigenvalue weighted by Crippen LogP contribution is 2.15. The van der Waals surface area contributed by atoms with E-state index >= 15 is 0 Å². The second kappa shape index (κ2) is 8.35. The van der Waals surface area contributed by atoms with Gasteiger partial charge in [-0.1, -0.05) is 25.5 Å². The molecule has 0 atom stereocenters. The van der Waals surface area contributed by atoms with Crippen molar-refractivity contribution in [2.45, 2.75) is 40.0 Å². The van der Waals surface area contributed by atoms with Gasteiger partial charge in [-0.2, -0.15) is 0 Å². The standard InChI is InChI=1S/C16H24N2O2/c1-4-5-9-16(20)17-10-11-18(14(3)19)15-8-6-7-13(2)12-15/h6-8,12H,4-5,9-11H2,1-3H3,(H,17,20). The summed E-state index contributed by atoms with van der Waals surface area (Å²) in [6.45, 7) is 6.57. The summed E-state index contributed by atoms with van der Waals surface area (Å²) in [7, 11) is 0. The number of nitrogens with zero attached hydrogens (tertiary/aromatic N) is 1. The van der Waals surface area contributed by atoms with Gasteiger partial charge in [0.25, 0.3) is 0 Å². The van der Waals surface area contributed by atoms with Gasteiger partial charge in [0.1, 0.15) is 0 Å². The molecule has 2 amide bonds. The molecular formula is C16H24N2O2. The molecule has 0 heterocycles. The van der Waals surface area contributed by atoms with Gasteiger partial charge in [0.2, 0.25) is 11.8 Å². The van der Waals surface area contributed by atoms with Gasteiger partial charge in [-0.15, -0.1) is 0 Å². The maximum atomic E-state index is 11.7. The lowest BCUT2D eigenvalue weighted by Gasteiger charge is -2.21. The Labute approximate surface area is 121 Å². The Kier molecular flexibility index (Phi) is 6.77. The van der Waals surface area contributed by atoms with Gasteiger partial charge in [-0.3, -0.25) is 9.59 Å². The number of anilines is 1. The Morgan fingerprint density at radius 1 is 1.30 bits per heavy atom. The van der Waals surface area contributed by atoms with Gasteiger partial charge in [-0.25, -0.2) is 0 Å². The lowest BCUT2D eigenvalue weighted by Crippen LogP contribution is -2.37. The predicted molar refractivity (Wildman–Crippen MR) is 81.7 cm³/mol. The summed E-state index contributed by atoms with van der Waals surface area (Å²) in [5.41, 5.74) is 1.99. The molecule has 0 bridgehead atoms. The quantitative estimate of drug-likeness (QED) is 0.832. The maximum Gasteiger partial charge on any atom is 0.223 e. The zero-order chi connectivity index (χ0) is 15.0. The third-order valence-electron chi connectivity index (χ3n) is 3.11. The van der Waals surface area contributed by atoms with Gasteiger partial charge in [0, 0.05) is 32.1 Å². The summed E-state index contributed by atoms with van der Waals surface area (Å²) in [6, 6.07) is 7.81. The molecule has 4 nitrogen and oxygen atoms in total. The molecule has 0 unspecified atom stereocenters. The summed E-state index contributed by atoms with van der Waals surface area (Å²) < 4.78 is 0. The number of hydrogen-bond donors (Lipinski definition) is 1. The van der Waals surface area contributed by atoms with Crippen LogP contribution >= 0.6 is 0 Å². The van der Waals surface area contributed by atoms with Crippen LogP contribution in [0.1, 0.15) is 38.7 Å². The number of benzene rings is 1. The lowest BCUT2D eigenvalue weighted by molar-refractivity contribution is -0.121. The van der Waals surface area contributed by atoms with Gasteiger partial charge >= 0.3 is 0 Å². The summed E-state index contributed by atoms with van der Waals surface area (Å²) in [5.74, 6) is 0.0398. The van der Waals surface area contributed by atoms with E-state index in [-0.39, 0.29) is 11.8 Å². The second-order valence-corrected chi connectivity index (χ2v) is 4.96. The van der Waals surface area contributed by atoms with E-state index in [4.69, 9.17) is 0 Å². The molecule has 0 aliphatic carbocycles. The van der Waals surface area contributed by atoms with Crippen LogP contribution in [0.4, 0.5) is 5.69 Å². The Balaban J connectivity index is 2.52. The molecule has 1 N–H and O–H groups in total. The second-order valence-electron chi connectivity index (χ2n) is 4.96. The summed E-state index contributed by atoms with van der Waals surface area (Å²) in [6.07, 6.45) is 2.47. The molecule has 0 radical (unpaired) electrons. The molecule has 0 saturated heterocycles.